The first-order chi connectivity index (χ1) is 9.76. The van der Waals surface area contributed by atoms with E-state index in [0.717, 1.165) is 17.8 Å². The topological polar surface area (TPSA) is 93.6 Å². The molecule has 0 unspecified atom stereocenters. The summed E-state index contributed by atoms with van der Waals surface area (Å²) in [4.78, 5) is 18.4. The molecule has 0 fully saturated rings. The van der Waals surface area contributed by atoms with Crippen LogP contribution in [0.2, 0.25) is 0 Å². The van der Waals surface area contributed by atoms with Gasteiger partial charge in [-0.05, 0) is 12.1 Å². The number of amides is 2. The zero-order chi connectivity index (χ0) is 14.6. The Morgan fingerprint density at radius 1 is 1.40 bits per heavy atom. The van der Waals surface area contributed by atoms with Crippen LogP contribution >= 0.6 is 0 Å². The van der Waals surface area contributed by atoms with Crippen LogP contribution in [0.3, 0.4) is 0 Å². The molecule has 6 heteroatoms. The molecular weight excluding hydrogens is 254 g/mol. The van der Waals surface area contributed by atoms with Gasteiger partial charge < -0.3 is 15.6 Å². The second-order valence-corrected chi connectivity index (χ2v) is 3.80. The minimum Gasteiger partial charge on any atom is -0.348 e. The summed E-state index contributed by atoms with van der Waals surface area (Å²) in [5, 5.41) is 12.8. The average molecular weight is 271 g/mol. The molecule has 1 aromatic heterocycles. The number of aromatic nitrogens is 2. The van der Waals surface area contributed by atoms with Crippen LogP contribution in [-0.2, 0) is 6.42 Å². The van der Waals surface area contributed by atoms with Crippen molar-refractivity contribution in [1.82, 2.24) is 15.3 Å². The molecule has 1 heterocycles. The number of para-hydroxylation sites is 1. The Balaban J connectivity index is 0.000000612. The van der Waals surface area contributed by atoms with Crippen LogP contribution in [0.15, 0.2) is 42.9 Å². The van der Waals surface area contributed by atoms with Crippen molar-refractivity contribution in [3.8, 4) is 6.07 Å². The van der Waals surface area contributed by atoms with Crippen LogP contribution in [0.25, 0.3) is 0 Å². The third-order valence-electron chi connectivity index (χ3n) is 2.27. The summed E-state index contributed by atoms with van der Waals surface area (Å²) in [5.74, 6) is 0. The van der Waals surface area contributed by atoms with Crippen molar-refractivity contribution < 1.29 is 4.79 Å². The maximum absolute atomic E-state index is 11.5. The summed E-state index contributed by atoms with van der Waals surface area (Å²) in [5.41, 5.74) is 1.79. The predicted octanol–water partition coefficient (Wildman–Crippen LogP) is 2.30. The number of urea groups is 1. The van der Waals surface area contributed by atoms with Gasteiger partial charge in [0.25, 0.3) is 0 Å². The Hall–Kier alpha value is -2.81. The molecule has 6 nitrogen and oxygen atoms in total. The molecule has 3 N–H and O–H groups in total. The average Bonchev–Trinajstić information content (AvgIpc) is 2.94. The van der Waals surface area contributed by atoms with E-state index in [2.05, 4.69) is 20.6 Å². The van der Waals surface area contributed by atoms with Crippen molar-refractivity contribution >= 4 is 11.7 Å². The molecule has 0 aliphatic heterocycles. The Labute approximate surface area is 117 Å². The summed E-state index contributed by atoms with van der Waals surface area (Å²) >= 11 is 0. The highest BCUT2D eigenvalue weighted by atomic mass is 16.2. The Morgan fingerprint density at radius 3 is 2.70 bits per heavy atom. The number of imidazole rings is 1. The van der Waals surface area contributed by atoms with Crippen LogP contribution in [0.5, 0.6) is 0 Å². The summed E-state index contributed by atoms with van der Waals surface area (Å²) in [6, 6.07) is 10.9. The van der Waals surface area contributed by atoms with Gasteiger partial charge in [0.2, 0.25) is 0 Å². The van der Waals surface area contributed by atoms with Crippen LogP contribution < -0.4 is 10.6 Å². The number of carbonyl (C=O) groups is 1. The van der Waals surface area contributed by atoms with Gasteiger partial charge in [-0.3, -0.25) is 0 Å². The second-order valence-electron chi connectivity index (χ2n) is 3.80. The van der Waals surface area contributed by atoms with Crippen LogP contribution in [0.1, 0.15) is 12.6 Å². The Kier molecular flexibility index (Phi) is 6.99. The third kappa shape index (κ3) is 6.21. The SMILES string of the molecule is CC#N.O=C(NCCc1cnc[nH]1)Nc1ccccc1. The number of nitrogens with one attached hydrogen (secondary N) is 3. The number of nitrogens with zero attached hydrogens (tertiary/aromatic N) is 2. The third-order valence-corrected chi connectivity index (χ3v) is 2.27. The number of anilines is 1. The minimum absolute atomic E-state index is 0.198. The van der Waals surface area contributed by atoms with Gasteiger partial charge in [0.15, 0.2) is 0 Å². The van der Waals surface area contributed by atoms with E-state index in [1.807, 2.05) is 30.3 Å². The number of rotatable bonds is 4. The molecule has 2 rings (SSSR count). The summed E-state index contributed by atoms with van der Waals surface area (Å²) < 4.78 is 0. The number of hydrogen-bond acceptors (Lipinski definition) is 3. The lowest BCUT2D eigenvalue weighted by Gasteiger charge is -2.06. The molecule has 0 saturated heterocycles. The van der Waals surface area contributed by atoms with E-state index in [-0.39, 0.29) is 6.03 Å². The van der Waals surface area contributed by atoms with Crippen molar-refractivity contribution in [3.63, 3.8) is 0 Å². The lowest BCUT2D eigenvalue weighted by molar-refractivity contribution is 0.252. The smallest absolute Gasteiger partial charge is 0.319 e. The van der Waals surface area contributed by atoms with Crippen molar-refractivity contribution in [2.75, 3.05) is 11.9 Å². The van der Waals surface area contributed by atoms with E-state index < -0.39 is 0 Å². The largest absolute Gasteiger partial charge is 0.348 e. The van der Waals surface area contributed by atoms with Gasteiger partial charge in [0, 0.05) is 37.5 Å². The number of H-pyrrole nitrogens is 1. The van der Waals surface area contributed by atoms with E-state index >= 15 is 0 Å². The van der Waals surface area contributed by atoms with Gasteiger partial charge in [0.1, 0.15) is 0 Å². The highest BCUT2D eigenvalue weighted by molar-refractivity contribution is 5.89. The van der Waals surface area contributed by atoms with E-state index in [4.69, 9.17) is 5.26 Å². The molecule has 0 aliphatic carbocycles. The fourth-order valence-electron chi connectivity index (χ4n) is 1.43. The number of benzene rings is 1. The normalized spacial score (nSPS) is 8.80. The number of carbonyl (C=O) groups excluding carboxylic acids is 1. The van der Waals surface area contributed by atoms with E-state index in [1.54, 1.807) is 18.6 Å². The molecule has 0 aliphatic rings. The van der Waals surface area contributed by atoms with Crippen LogP contribution in [0, 0.1) is 11.3 Å². The van der Waals surface area contributed by atoms with Crippen LogP contribution in [-0.4, -0.2) is 22.5 Å². The van der Waals surface area contributed by atoms with Gasteiger partial charge in [-0.25, -0.2) is 9.78 Å². The van der Waals surface area contributed by atoms with E-state index in [9.17, 15) is 4.79 Å². The second kappa shape index (κ2) is 9.16. The summed E-state index contributed by atoms with van der Waals surface area (Å²) in [7, 11) is 0. The lowest BCUT2D eigenvalue weighted by Crippen LogP contribution is -2.30. The Bertz CT molecular complexity index is 530. The number of hydrogen-bond donors (Lipinski definition) is 3. The fraction of sp³-hybridized carbons (Fsp3) is 0.214. The van der Waals surface area contributed by atoms with Gasteiger partial charge in [-0.15, -0.1) is 0 Å². The quantitative estimate of drug-likeness (QED) is 0.796. The van der Waals surface area contributed by atoms with E-state index in [0.29, 0.717) is 6.54 Å². The van der Waals surface area contributed by atoms with Crippen molar-refractivity contribution in [1.29, 1.82) is 5.26 Å². The monoisotopic (exact) mass is 271 g/mol. The maximum Gasteiger partial charge on any atom is 0.319 e. The number of nitriles is 1. The maximum atomic E-state index is 11.5. The van der Waals surface area contributed by atoms with Crippen molar-refractivity contribution in [2.45, 2.75) is 13.3 Å². The first-order valence-electron chi connectivity index (χ1n) is 6.14. The summed E-state index contributed by atoms with van der Waals surface area (Å²) in [6.45, 7) is 2.00. The first kappa shape index (κ1) is 15.2. The molecule has 0 radical (unpaired) electrons. The van der Waals surface area contributed by atoms with Gasteiger partial charge in [-0.2, -0.15) is 5.26 Å². The molecule has 2 aromatic rings. The zero-order valence-corrected chi connectivity index (χ0v) is 11.3. The first-order valence-corrected chi connectivity index (χ1v) is 6.14. The fourth-order valence-corrected chi connectivity index (χ4v) is 1.43. The lowest BCUT2D eigenvalue weighted by atomic mass is 10.3. The molecule has 0 spiro atoms. The van der Waals surface area contributed by atoms with Gasteiger partial charge >= 0.3 is 6.03 Å². The zero-order valence-electron chi connectivity index (χ0n) is 11.3. The highest BCUT2D eigenvalue weighted by Gasteiger charge is 2.00. The molecule has 2 amide bonds. The number of aromatic amines is 1. The van der Waals surface area contributed by atoms with Crippen LogP contribution in [0.4, 0.5) is 10.5 Å². The predicted molar refractivity (Wildman–Crippen MR) is 77.0 cm³/mol. The van der Waals surface area contributed by atoms with Crippen molar-refractivity contribution in [2.24, 2.45) is 0 Å². The molecule has 0 atom stereocenters. The minimum atomic E-state index is -0.198. The molecule has 0 saturated carbocycles. The van der Waals surface area contributed by atoms with Gasteiger partial charge in [0.05, 0.1) is 12.4 Å². The Morgan fingerprint density at radius 2 is 2.10 bits per heavy atom. The molecule has 1 aromatic carbocycles. The molecule has 104 valence electrons. The highest BCUT2D eigenvalue weighted by Crippen LogP contribution is 2.03. The summed E-state index contributed by atoms with van der Waals surface area (Å²) in [6.07, 6.45) is 4.11. The molecular formula is C14H17N5O. The molecule has 20 heavy (non-hydrogen) atoms. The van der Waals surface area contributed by atoms with Crippen molar-refractivity contribution in [3.05, 3.63) is 48.5 Å². The molecule has 0 bridgehead atoms. The van der Waals surface area contributed by atoms with E-state index in [1.165, 1.54) is 6.92 Å². The standard InChI is InChI=1S/C12H14N4O.C2H3N/c17-12(16-10-4-2-1-3-5-10)14-7-6-11-8-13-9-15-11;1-2-3/h1-5,8-9H,6-7H2,(H,13,15)(H2,14,16,17);1H3. The van der Waals surface area contributed by atoms with Gasteiger partial charge in [-0.1, -0.05) is 18.2 Å².